The summed E-state index contributed by atoms with van der Waals surface area (Å²) in [6, 6.07) is 17.3. The summed E-state index contributed by atoms with van der Waals surface area (Å²) in [4.78, 5) is 9.25. The second-order valence-electron chi connectivity index (χ2n) is 4.03. The number of carbonyl (C=O) groups is 1. The SMILES string of the molecule is C=CC(=O)O.[Si].c1ccc2c(c1)Cc1ccccc1-2. The zero-order chi connectivity index (χ0) is 13.0. The highest BCUT2D eigenvalue weighted by Gasteiger charge is 2.15. The summed E-state index contributed by atoms with van der Waals surface area (Å²) >= 11 is 0. The molecule has 2 nitrogen and oxygen atoms in total. The third kappa shape index (κ3) is 3.42. The number of carboxylic acids is 1. The van der Waals surface area contributed by atoms with Gasteiger partial charge in [-0.15, -0.1) is 0 Å². The molecule has 0 aliphatic heterocycles. The molecule has 4 radical (unpaired) electrons. The van der Waals surface area contributed by atoms with Gasteiger partial charge in [-0.1, -0.05) is 55.1 Å². The lowest BCUT2D eigenvalue weighted by atomic mass is 10.1. The number of carboxylic acid groups (broad SMARTS) is 1. The predicted octanol–water partition coefficient (Wildman–Crippen LogP) is 3.13. The predicted molar refractivity (Wildman–Crippen MR) is 78.3 cm³/mol. The van der Waals surface area contributed by atoms with Gasteiger partial charge in [0.1, 0.15) is 0 Å². The van der Waals surface area contributed by atoms with E-state index in [1.165, 1.54) is 22.3 Å². The fourth-order valence-corrected chi connectivity index (χ4v) is 2.08. The van der Waals surface area contributed by atoms with E-state index in [9.17, 15) is 4.79 Å². The molecule has 1 aliphatic rings. The van der Waals surface area contributed by atoms with E-state index in [-0.39, 0.29) is 11.0 Å². The average molecular weight is 266 g/mol. The molecule has 0 amide bonds. The van der Waals surface area contributed by atoms with Crippen molar-refractivity contribution < 1.29 is 9.90 Å². The van der Waals surface area contributed by atoms with Crippen LogP contribution in [0.5, 0.6) is 0 Å². The molecule has 19 heavy (non-hydrogen) atoms. The number of hydrogen-bond donors (Lipinski definition) is 1. The number of aliphatic carboxylic acids is 1. The highest BCUT2D eigenvalue weighted by molar-refractivity contribution is 5.78. The van der Waals surface area contributed by atoms with Crippen LogP contribution in [0.25, 0.3) is 11.1 Å². The van der Waals surface area contributed by atoms with Gasteiger partial charge in [0.05, 0.1) is 0 Å². The van der Waals surface area contributed by atoms with Crippen molar-refractivity contribution in [2.45, 2.75) is 6.42 Å². The van der Waals surface area contributed by atoms with Crippen molar-refractivity contribution in [3.63, 3.8) is 0 Å². The van der Waals surface area contributed by atoms with Crippen LogP contribution < -0.4 is 0 Å². The number of fused-ring (bicyclic) bond motifs is 3. The van der Waals surface area contributed by atoms with Crippen molar-refractivity contribution in [2.75, 3.05) is 0 Å². The molecule has 3 heteroatoms. The first kappa shape index (κ1) is 14.9. The lowest BCUT2D eigenvalue weighted by molar-refractivity contribution is -0.131. The Morgan fingerprint density at radius 1 is 1.00 bits per heavy atom. The van der Waals surface area contributed by atoms with E-state index in [0.717, 1.165) is 12.5 Å². The van der Waals surface area contributed by atoms with Crippen LogP contribution in [-0.2, 0) is 11.2 Å². The van der Waals surface area contributed by atoms with Gasteiger partial charge >= 0.3 is 5.97 Å². The topological polar surface area (TPSA) is 37.3 Å². The third-order valence-electron chi connectivity index (χ3n) is 2.88. The minimum atomic E-state index is -0.981. The first-order valence-corrected chi connectivity index (χ1v) is 5.74. The molecule has 0 aromatic heterocycles. The van der Waals surface area contributed by atoms with Gasteiger partial charge in [0.25, 0.3) is 0 Å². The molecule has 0 unspecified atom stereocenters. The van der Waals surface area contributed by atoms with Crippen molar-refractivity contribution in [3.05, 3.63) is 72.3 Å². The van der Waals surface area contributed by atoms with Gasteiger partial charge in [-0.2, -0.15) is 0 Å². The van der Waals surface area contributed by atoms with E-state index in [2.05, 4.69) is 55.1 Å². The molecule has 3 rings (SSSR count). The smallest absolute Gasteiger partial charge is 0.327 e. The molecule has 0 atom stereocenters. The van der Waals surface area contributed by atoms with Crippen LogP contribution in [0.4, 0.5) is 0 Å². The van der Waals surface area contributed by atoms with Gasteiger partial charge in [0.15, 0.2) is 0 Å². The summed E-state index contributed by atoms with van der Waals surface area (Å²) in [5.41, 5.74) is 5.75. The Kier molecular flexibility index (Phi) is 5.27. The Balaban J connectivity index is 0.000000265. The minimum Gasteiger partial charge on any atom is -0.478 e. The van der Waals surface area contributed by atoms with Gasteiger partial charge in [0, 0.05) is 17.0 Å². The molecule has 0 saturated carbocycles. The van der Waals surface area contributed by atoms with E-state index >= 15 is 0 Å². The normalized spacial score (nSPS) is 10.1. The van der Waals surface area contributed by atoms with Crippen LogP contribution >= 0.6 is 0 Å². The van der Waals surface area contributed by atoms with Crippen molar-refractivity contribution in [2.24, 2.45) is 0 Å². The molecule has 0 heterocycles. The molecule has 1 aliphatic carbocycles. The summed E-state index contributed by atoms with van der Waals surface area (Å²) in [5, 5.41) is 7.60. The van der Waals surface area contributed by atoms with Crippen molar-refractivity contribution in [3.8, 4) is 11.1 Å². The van der Waals surface area contributed by atoms with Crippen LogP contribution in [0.1, 0.15) is 11.1 Å². The highest BCUT2D eigenvalue weighted by Crippen LogP contribution is 2.35. The second kappa shape index (κ2) is 6.71. The molecule has 2 aromatic carbocycles. The Morgan fingerprint density at radius 3 is 1.74 bits per heavy atom. The fraction of sp³-hybridized carbons (Fsp3) is 0.0625. The number of rotatable bonds is 1. The second-order valence-corrected chi connectivity index (χ2v) is 4.03. The summed E-state index contributed by atoms with van der Waals surface area (Å²) in [6.45, 7) is 2.96. The standard InChI is InChI=1S/C13H10.C3H4O2.Si/c1-3-7-12-10(5-1)9-11-6-2-4-8-13(11)12;1-2-3(4)5;/h1-8H,9H2;2H,1H2,(H,4,5);. The van der Waals surface area contributed by atoms with E-state index < -0.39 is 5.97 Å². The van der Waals surface area contributed by atoms with Gasteiger partial charge < -0.3 is 5.11 Å². The van der Waals surface area contributed by atoms with Crippen LogP contribution in [0, 0.1) is 0 Å². The van der Waals surface area contributed by atoms with E-state index in [1.54, 1.807) is 0 Å². The first-order valence-electron chi connectivity index (χ1n) is 5.74. The van der Waals surface area contributed by atoms with Gasteiger partial charge in [-0.3, -0.25) is 0 Å². The van der Waals surface area contributed by atoms with Crippen LogP contribution in [-0.4, -0.2) is 22.0 Å². The Bertz CT molecular complexity index is 547. The molecular formula is C16H14O2Si. The first-order chi connectivity index (χ1) is 8.72. The summed E-state index contributed by atoms with van der Waals surface area (Å²) < 4.78 is 0. The largest absolute Gasteiger partial charge is 0.478 e. The summed E-state index contributed by atoms with van der Waals surface area (Å²) in [6.07, 6.45) is 1.94. The van der Waals surface area contributed by atoms with Crippen molar-refractivity contribution >= 4 is 16.9 Å². The lowest BCUT2D eigenvalue weighted by Gasteiger charge is -1.98. The molecule has 0 fully saturated rings. The van der Waals surface area contributed by atoms with Gasteiger partial charge in [0.2, 0.25) is 0 Å². The van der Waals surface area contributed by atoms with Crippen molar-refractivity contribution in [1.29, 1.82) is 0 Å². The van der Waals surface area contributed by atoms with Crippen LogP contribution in [0.2, 0.25) is 0 Å². The third-order valence-corrected chi connectivity index (χ3v) is 2.88. The highest BCUT2D eigenvalue weighted by atomic mass is 28.1. The Morgan fingerprint density at radius 2 is 1.37 bits per heavy atom. The maximum Gasteiger partial charge on any atom is 0.327 e. The summed E-state index contributed by atoms with van der Waals surface area (Å²) in [7, 11) is 0. The van der Waals surface area contributed by atoms with E-state index in [4.69, 9.17) is 5.11 Å². The Labute approximate surface area is 117 Å². The van der Waals surface area contributed by atoms with E-state index in [0.29, 0.717) is 0 Å². The monoisotopic (exact) mass is 266 g/mol. The summed E-state index contributed by atoms with van der Waals surface area (Å²) in [5.74, 6) is -0.981. The van der Waals surface area contributed by atoms with Crippen LogP contribution in [0.15, 0.2) is 61.2 Å². The zero-order valence-corrected chi connectivity index (χ0v) is 11.5. The zero-order valence-electron chi connectivity index (χ0n) is 10.5. The molecule has 1 N–H and O–H groups in total. The van der Waals surface area contributed by atoms with Crippen LogP contribution in [0.3, 0.4) is 0 Å². The van der Waals surface area contributed by atoms with Gasteiger partial charge in [-0.25, -0.2) is 4.79 Å². The quantitative estimate of drug-likeness (QED) is 0.543. The maximum absolute atomic E-state index is 9.25. The molecule has 2 aromatic rings. The Hall–Kier alpha value is -2.13. The van der Waals surface area contributed by atoms with Gasteiger partial charge in [-0.05, 0) is 28.7 Å². The molecule has 0 spiro atoms. The van der Waals surface area contributed by atoms with Crippen molar-refractivity contribution in [1.82, 2.24) is 0 Å². The molecule has 0 saturated heterocycles. The molecule has 0 bridgehead atoms. The number of hydrogen-bond acceptors (Lipinski definition) is 1. The fourth-order valence-electron chi connectivity index (χ4n) is 2.08. The molecule has 94 valence electrons. The minimum absolute atomic E-state index is 0. The maximum atomic E-state index is 9.25. The number of benzene rings is 2. The average Bonchev–Trinajstić information content (AvgIpc) is 2.78. The lowest BCUT2D eigenvalue weighted by Crippen LogP contribution is -1.82. The van der Waals surface area contributed by atoms with E-state index in [1.807, 2.05) is 0 Å². The molecular weight excluding hydrogens is 252 g/mol.